The summed E-state index contributed by atoms with van der Waals surface area (Å²) in [6.45, 7) is 2.94. The summed E-state index contributed by atoms with van der Waals surface area (Å²) in [5, 5.41) is 4.12. The van der Waals surface area contributed by atoms with Crippen molar-refractivity contribution in [3.63, 3.8) is 0 Å². The Hall–Kier alpha value is -2.18. The lowest BCUT2D eigenvalue weighted by atomic mass is 10.2. The van der Waals surface area contributed by atoms with Gasteiger partial charge >= 0.3 is 0 Å². The number of ether oxygens (including phenoxy) is 1. The van der Waals surface area contributed by atoms with Crippen molar-refractivity contribution in [1.29, 1.82) is 0 Å². The summed E-state index contributed by atoms with van der Waals surface area (Å²) < 4.78 is 7.66. The third-order valence-corrected chi connectivity index (χ3v) is 3.45. The molecule has 6 nitrogen and oxygen atoms in total. The lowest BCUT2D eigenvalue weighted by Crippen LogP contribution is -2.16. The van der Waals surface area contributed by atoms with Crippen molar-refractivity contribution in [1.82, 2.24) is 19.9 Å². The predicted octanol–water partition coefficient (Wildman–Crippen LogP) is 1.40. The number of nitrogen functional groups attached to an aromatic ring is 1. The van der Waals surface area contributed by atoms with Crippen LogP contribution in [0.25, 0.3) is 21.9 Å². The van der Waals surface area contributed by atoms with Crippen LogP contribution in [-0.2, 0) is 11.3 Å². The van der Waals surface area contributed by atoms with Crippen LogP contribution in [0.5, 0.6) is 0 Å². The Morgan fingerprint density at radius 2 is 2.14 bits per heavy atom. The first kappa shape index (κ1) is 13.8. The number of pyridine rings is 1. The highest BCUT2D eigenvalue weighted by Gasteiger charge is 2.11. The Morgan fingerprint density at radius 3 is 3.00 bits per heavy atom. The van der Waals surface area contributed by atoms with Gasteiger partial charge in [0, 0.05) is 18.5 Å². The molecule has 3 rings (SSSR count). The Bertz CT molecular complexity index is 752. The first-order chi connectivity index (χ1) is 10.3. The van der Waals surface area contributed by atoms with E-state index < -0.39 is 0 Å². The van der Waals surface area contributed by atoms with E-state index in [0.717, 1.165) is 35.0 Å². The normalized spacial score (nSPS) is 11.5. The Morgan fingerprint density at radius 1 is 1.29 bits per heavy atom. The van der Waals surface area contributed by atoms with Gasteiger partial charge in [-0.3, -0.25) is 0 Å². The second-order valence-corrected chi connectivity index (χ2v) is 4.87. The van der Waals surface area contributed by atoms with Crippen molar-refractivity contribution in [3.05, 3.63) is 30.6 Å². The smallest absolute Gasteiger partial charge is 0.152 e. The lowest BCUT2D eigenvalue weighted by molar-refractivity contribution is 0.130. The highest BCUT2D eigenvalue weighted by molar-refractivity contribution is 6.06. The molecular formula is C15H19N5O. The first-order valence-corrected chi connectivity index (χ1v) is 7.02. The van der Waals surface area contributed by atoms with Crippen molar-refractivity contribution in [2.24, 2.45) is 0 Å². The van der Waals surface area contributed by atoms with Gasteiger partial charge in [-0.25, -0.2) is 9.97 Å². The molecule has 1 aromatic carbocycles. The third kappa shape index (κ3) is 2.68. The zero-order valence-electron chi connectivity index (χ0n) is 12.0. The van der Waals surface area contributed by atoms with Gasteiger partial charge in [-0.15, -0.1) is 0 Å². The summed E-state index contributed by atoms with van der Waals surface area (Å²) in [7, 11) is 1.91. The maximum Gasteiger partial charge on any atom is 0.152 e. The van der Waals surface area contributed by atoms with E-state index in [0.29, 0.717) is 19.0 Å². The quantitative estimate of drug-likeness (QED) is 0.669. The molecule has 0 radical (unpaired) electrons. The number of imidazole rings is 1. The fourth-order valence-corrected chi connectivity index (χ4v) is 2.41. The number of fused-ring (bicyclic) bond motifs is 3. The van der Waals surface area contributed by atoms with Crippen LogP contribution in [0.3, 0.4) is 0 Å². The average Bonchev–Trinajstić information content (AvgIpc) is 2.92. The second kappa shape index (κ2) is 6.07. The van der Waals surface area contributed by atoms with E-state index in [9.17, 15) is 0 Å². The van der Waals surface area contributed by atoms with Gasteiger partial charge in [0.05, 0.1) is 30.6 Å². The molecule has 0 atom stereocenters. The molecule has 3 aromatic rings. The number of benzene rings is 1. The molecule has 0 amide bonds. The summed E-state index contributed by atoms with van der Waals surface area (Å²) in [6, 6.07) is 7.97. The summed E-state index contributed by atoms with van der Waals surface area (Å²) >= 11 is 0. The largest absolute Gasteiger partial charge is 0.382 e. The van der Waals surface area contributed by atoms with Crippen molar-refractivity contribution in [2.75, 3.05) is 32.5 Å². The summed E-state index contributed by atoms with van der Waals surface area (Å²) in [5.74, 6) is 0.471. The minimum Gasteiger partial charge on any atom is -0.382 e. The number of para-hydroxylation sites is 1. The van der Waals surface area contributed by atoms with Gasteiger partial charge in [-0.2, -0.15) is 0 Å². The molecule has 2 aromatic heterocycles. The molecule has 0 aliphatic heterocycles. The molecule has 0 saturated heterocycles. The molecule has 0 spiro atoms. The topological polar surface area (TPSA) is 78.0 Å². The Kier molecular flexibility index (Phi) is 3.98. The zero-order chi connectivity index (χ0) is 14.7. The molecule has 0 aliphatic rings. The number of nitrogens with one attached hydrogen (secondary N) is 1. The average molecular weight is 285 g/mol. The number of nitrogens with zero attached hydrogens (tertiary/aromatic N) is 3. The monoisotopic (exact) mass is 285 g/mol. The van der Waals surface area contributed by atoms with Crippen molar-refractivity contribution < 1.29 is 4.74 Å². The fraction of sp³-hybridized carbons (Fsp3) is 0.333. The van der Waals surface area contributed by atoms with Crippen LogP contribution in [0.15, 0.2) is 30.6 Å². The van der Waals surface area contributed by atoms with Gasteiger partial charge in [0.1, 0.15) is 5.52 Å². The molecule has 0 saturated carbocycles. The molecule has 2 heterocycles. The van der Waals surface area contributed by atoms with Crippen LogP contribution in [-0.4, -0.2) is 41.3 Å². The van der Waals surface area contributed by atoms with Crippen molar-refractivity contribution in [3.8, 4) is 0 Å². The van der Waals surface area contributed by atoms with Crippen LogP contribution < -0.4 is 11.1 Å². The zero-order valence-corrected chi connectivity index (χ0v) is 12.0. The fourth-order valence-electron chi connectivity index (χ4n) is 2.41. The van der Waals surface area contributed by atoms with Crippen LogP contribution in [0, 0.1) is 0 Å². The van der Waals surface area contributed by atoms with Gasteiger partial charge < -0.3 is 20.4 Å². The number of nitrogens with two attached hydrogens (primary N) is 1. The van der Waals surface area contributed by atoms with E-state index in [1.165, 1.54) is 0 Å². The first-order valence-electron chi connectivity index (χ1n) is 7.02. The number of likely N-dealkylation sites (N-methyl/N-ethyl adjacent to an activating group) is 1. The van der Waals surface area contributed by atoms with Crippen molar-refractivity contribution >= 4 is 27.8 Å². The second-order valence-electron chi connectivity index (χ2n) is 4.87. The summed E-state index contributed by atoms with van der Waals surface area (Å²) in [5.41, 5.74) is 8.67. The van der Waals surface area contributed by atoms with Crippen LogP contribution >= 0.6 is 0 Å². The molecule has 0 unspecified atom stereocenters. The van der Waals surface area contributed by atoms with Gasteiger partial charge in [-0.05, 0) is 13.1 Å². The standard InChI is InChI=1S/C15H19N5O/c1-17-6-8-21-9-7-20-10-18-13-14(20)11-4-2-3-5-12(11)19-15(13)16/h2-5,10,17H,6-9H2,1H3,(H2,16,19). The van der Waals surface area contributed by atoms with E-state index in [1.807, 2.05) is 31.3 Å². The molecule has 3 N–H and O–H groups in total. The Balaban J connectivity index is 1.92. The van der Waals surface area contributed by atoms with Gasteiger partial charge in [0.2, 0.25) is 0 Å². The molecule has 0 bridgehead atoms. The number of hydrogen-bond donors (Lipinski definition) is 2. The number of rotatable bonds is 6. The van der Waals surface area contributed by atoms with Crippen molar-refractivity contribution in [2.45, 2.75) is 6.54 Å². The molecule has 6 heteroatoms. The minimum atomic E-state index is 0.471. The van der Waals surface area contributed by atoms with E-state index in [2.05, 4.69) is 19.9 Å². The maximum atomic E-state index is 6.00. The van der Waals surface area contributed by atoms with E-state index in [4.69, 9.17) is 10.5 Å². The SMILES string of the molecule is CNCCOCCn1cnc2c(N)nc3ccccc3c21. The number of aromatic nitrogens is 3. The van der Waals surface area contributed by atoms with E-state index in [-0.39, 0.29) is 0 Å². The van der Waals surface area contributed by atoms with E-state index in [1.54, 1.807) is 6.33 Å². The Labute approximate surface area is 122 Å². The highest BCUT2D eigenvalue weighted by Crippen LogP contribution is 2.26. The highest BCUT2D eigenvalue weighted by atomic mass is 16.5. The maximum absolute atomic E-state index is 6.00. The van der Waals surface area contributed by atoms with Gasteiger partial charge in [-0.1, -0.05) is 18.2 Å². The molecule has 110 valence electrons. The van der Waals surface area contributed by atoms with E-state index >= 15 is 0 Å². The predicted molar refractivity (Wildman–Crippen MR) is 84.2 cm³/mol. The molecule has 0 fully saturated rings. The van der Waals surface area contributed by atoms with Gasteiger partial charge in [0.15, 0.2) is 5.82 Å². The summed E-state index contributed by atoms with van der Waals surface area (Å²) in [6.07, 6.45) is 1.80. The molecular weight excluding hydrogens is 266 g/mol. The third-order valence-electron chi connectivity index (χ3n) is 3.45. The van der Waals surface area contributed by atoms with Crippen LogP contribution in [0.2, 0.25) is 0 Å². The van der Waals surface area contributed by atoms with Crippen LogP contribution in [0.4, 0.5) is 5.82 Å². The molecule has 0 aliphatic carbocycles. The number of anilines is 1. The number of hydrogen-bond acceptors (Lipinski definition) is 5. The summed E-state index contributed by atoms with van der Waals surface area (Å²) in [4.78, 5) is 8.79. The van der Waals surface area contributed by atoms with Crippen LogP contribution in [0.1, 0.15) is 0 Å². The lowest BCUT2D eigenvalue weighted by Gasteiger charge is -2.08. The van der Waals surface area contributed by atoms with Gasteiger partial charge in [0.25, 0.3) is 0 Å². The minimum absolute atomic E-state index is 0.471. The molecule has 21 heavy (non-hydrogen) atoms.